The molecule has 0 amide bonds. The summed E-state index contributed by atoms with van der Waals surface area (Å²) in [6.45, 7) is 2.68. The van der Waals surface area contributed by atoms with Crippen molar-refractivity contribution in [1.82, 2.24) is 14.8 Å². The van der Waals surface area contributed by atoms with Crippen molar-refractivity contribution < 1.29 is 9.47 Å². The highest BCUT2D eigenvalue weighted by Gasteiger charge is 2.34. The van der Waals surface area contributed by atoms with Crippen LogP contribution < -0.4 is 0 Å². The number of hydrogen-bond donors (Lipinski definition) is 0. The predicted octanol–water partition coefficient (Wildman–Crippen LogP) is 3.52. The molecule has 0 saturated carbocycles. The summed E-state index contributed by atoms with van der Waals surface area (Å²) in [5, 5.41) is 5.48. The molecule has 3 atom stereocenters. The molecule has 1 aromatic carbocycles. The van der Waals surface area contributed by atoms with Crippen LogP contribution in [0.2, 0.25) is 10.0 Å². The van der Waals surface area contributed by atoms with Gasteiger partial charge in [-0.3, -0.25) is 0 Å². The van der Waals surface area contributed by atoms with E-state index >= 15 is 0 Å². The van der Waals surface area contributed by atoms with E-state index in [1.54, 1.807) is 17.1 Å². The number of rotatable bonds is 5. The Morgan fingerprint density at radius 1 is 1.41 bits per heavy atom. The third-order valence-electron chi connectivity index (χ3n) is 3.76. The molecule has 1 aromatic heterocycles. The fourth-order valence-electron chi connectivity index (χ4n) is 2.50. The number of halogens is 2. The molecule has 2 heterocycles. The van der Waals surface area contributed by atoms with Crippen LogP contribution in [0.5, 0.6) is 0 Å². The van der Waals surface area contributed by atoms with E-state index in [-0.39, 0.29) is 18.4 Å². The lowest BCUT2D eigenvalue weighted by molar-refractivity contribution is -0.0940. The summed E-state index contributed by atoms with van der Waals surface area (Å²) in [7, 11) is 0. The van der Waals surface area contributed by atoms with Gasteiger partial charge in [0.25, 0.3) is 0 Å². The molecule has 1 aliphatic heterocycles. The van der Waals surface area contributed by atoms with E-state index in [2.05, 4.69) is 17.0 Å². The number of benzene rings is 1. The van der Waals surface area contributed by atoms with E-state index < -0.39 is 0 Å². The average Bonchev–Trinajstić information content (AvgIpc) is 3.18. The lowest BCUT2D eigenvalue weighted by Crippen LogP contribution is -2.28. The summed E-state index contributed by atoms with van der Waals surface area (Å²) in [6.07, 6.45) is 4.47. The smallest absolute Gasteiger partial charge is 0.180 e. The largest absolute Gasteiger partial charge is 0.348 e. The predicted molar refractivity (Wildman–Crippen MR) is 84.1 cm³/mol. The zero-order chi connectivity index (χ0) is 15.5. The van der Waals surface area contributed by atoms with Gasteiger partial charge in [0.15, 0.2) is 6.29 Å². The molecule has 0 bridgehead atoms. The summed E-state index contributed by atoms with van der Waals surface area (Å²) >= 11 is 12.2. The van der Waals surface area contributed by atoms with Gasteiger partial charge in [0.05, 0.1) is 12.7 Å². The molecule has 2 aromatic rings. The van der Waals surface area contributed by atoms with Gasteiger partial charge in [-0.2, -0.15) is 5.10 Å². The Bertz CT molecular complexity index is 621. The number of hydrogen-bond acceptors (Lipinski definition) is 4. The van der Waals surface area contributed by atoms with Crippen LogP contribution in [0.15, 0.2) is 30.9 Å². The van der Waals surface area contributed by atoms with Gasteiger partial charge < -0.3 is 9.47 Å². The summed E-state index contributed by atoms with van der Waals surface area (Å²) in [5.41, 5.74) is 0.971. The van der Waals surface area contributed by atoms with Crippen LogP contribution in [0.4, 0.5) is 0 Å². The first kappa shape index (κ1) is 15.7. The van der Waals surface area contributed by atoms with Crippen molar-refractivity contribution in [3.8, 4) is 0 Å². The Morgan fingerprint density at radius 3 is 2.91 bits per heavy atom. The maximum Gasteiger partial charge on any atom is 0.180 e. The Balaban J connectivity index is 1.83. The van der Waals surface area contributed by atoms with Crippen LogP contribution in [0.25, 0.3) is 0 Å². The summed E-state index contributed by atoms with van der Waals surface area (Å²) in [6, 6.07) is 5.35. The van der Waals surface area contributed by atoms with Crippen molar-refractivity contribution in [3.05, 3.63) is 46.5 Å². The molecule has 7 heteroatoms. The lowest BCUT2D eigenvalue weighted by atomic mass is 10.1. The van der Waals surface area contributed by atoms with E-state index in [9.17, 15) is 0 Å². The van der Waals surface area contributed by atoms with Gasteiger partial charge in [-0.25, -0.2) is 9.67 Å². The van der Waals surface area contributed by atoms with Gasteiger partial charge in [0.2, 0.25) is 0 Å². The minimum absolute atomic E-state index is 0.122. The van der Waals surface area contributed by atoms with Crippen LogP contribution in [0, 0.1) is 0 Å². The average molecular weight is 342 g/mol. The molecule has 0 aliphatic carbocycles. The first-order valence-corrected chi connectivity index (χ1v) is 7.98. The van der Waals surface area contributed by atoms with Gasteiger partial charge in [0.1, 0.15) is 18.7 Å². The topological polar surface area (TPSA) is 49.2 Å². The molecular formula is C15H17Cl2N3O2. The SMILES string of the molecule is CCC1COC(C(Cc2ccc(Cl)cc2Cl)n2cncn2)O1. The van der Waals surface area contributed by atoms with Crippen LogP contribution in [0.3, 0.4) is 0 Å². The van der Waals surface area contributed by atoms with Crippen molar-refractivity contribution in [2.75, 3.05) is 6.61 Å². The minimum Gasteiger partial charge on any atom is -0.348 e. The first-order valence-electron chi connectivity index (χ1n) is 7.22. The quantitative estimate of drug-likeness (QED) is 0.834. The van der Waals surface area contributed by atoms with E-state index in [1.165, 1.54) is 6.33 Å². The molecule has 22 heavy (non-hydrogen) atoms. The van der Waals surface area contributed by atoms with Crippen molar-refractivity contribution in [3.63, 3.8) is 0 Å². The maximum atomic E-state index is 6.29. The third kappa shape index (κ3) is 3.43. The van der Waals surface area contributed by atoms with Gasteiger partial charge in [-0.1, -0.05) is 36.2 Å². The Kier molecular flexibility index (Phi) is 4.98. The minimum atomic E-state index is -0.363. The van der Waals surface area contributed by atoms with Gasteiger partial charge in [0, 0.05) is 16.5 Å². The number of aromatic nitrogens is 3. The summed E-state index contributed by atoms with van der Waals surface area (Å²) in [5.74, 6) is 0. The van der Waals surface area contributed by atoms with E-state index in [1.807, 2.05) is 12.1 Å². The zero-order valence-electron chi connectivity index (χ0n) is 12.2. The first-order chi connectivity index (χ1) is 10.7. The molecule has 1 saturated heterocycles. The summed E-state index contributed by atoms with van der Waals surface area (Å²) < 4.78 is 13.5. The fourth-order valence-corrected chi connectivity index (χ4v) is 2.99. The van der Waals surface area contributed by atoms with Crippen LogP contribution in [-0.4, -0.2) is 33.8 Å². The van der Waals surface area contributed by atoms with Crippen molar-refractivity contribution in [2.24, 2.45) is 0 Å². The highest BCUT2D eigenvalue weighted by Crippen LogP contribution is 2.30. The third-order valence-corrected chi connectivity index (χ3v) is 4.35. The monoisotopic (exact) mass is 341 g/mol. The Hall–Kier alpha value is -1.14. The van der Waals surface area contributed by atoms with E-state index in [0.717, 1.165) is 12.0 Å². The molecule has 0 radical (unpaired) electrons. The Morgan fingerprint density at radius 2 is 2.27 bits per heavy atom. The van der Waals surface area contributed by atoms with Crippen LogP contribution >= 0.6 is 23.2 Å². The van der Waals surface area contributed by atoms with Gasteiger partial charge in [-0.15, -0.1) is 0 Å². The molecule has 3 unspecified atom stereocenters. The molecule has 1 aliphatic rings. The van der Waals surface area contributed by atoms with Gasteiger partial charge in [-0.05, 0) is 24.1 Å². The molecule has 3 rings (SSSR count). The highest BCUT2D eigenvalue weighted by molar-refractivity contribution is 6.35. The molecular weight excluding hydrogens is 325 g/mol. The van der Waals surface area contributed by atoms with E-state index in [0.29, 0.717) is 23.1 Å². The standard InChI is InChI=1S/C15H17Cl2N3O2/c1-2-12-7-21-15(22-12)14(20-9-18-8-19-20)5-10-3-4-11(16)6-13(10)17/h3-4,6,8-9,12,14-15H,2,5,7H2,1H3. The molecule has 118 valence electrons. The van der Waals surface area contributed by atoms with Crippen LogP contribution in [0.1, 0.15) is 24.9 Å². The second kappa shape index (κ2) is 6.96. The lowest BCUT2D eigenvalue weighted by Gasteiger charge is -2.23. The fraction of sp³-hybridized carbons (Fsp3) is 0.467. The van der Waals surface area contributed by atoms with Crippen molar-refractivity contribution >= 4 is 23.2 Å². The van der Waals surface area contributed by atoms with Crippen molar-refractivity contribution in [1.29, 1.82) is 0 Å². The van der Waals surface area contributed by atoms with E-state index in [4.69, 9.17) is 32.7 Å². The molecule has 1 fully saturated rings. The molecule has 5 nitrogen and oxygen atoms in total. The number of nitrogens with zero attached hydrogens (tertiary/aromatic N) is 3. The zero-order valence-corrected chi connectivity index (χ0v) is 13.7. The molecule has 0 spiro atoms. The van der Waals surface area contributed by atoms with Crippen LogP contribution in [-0.2, 0) is 15.9 Å². The maximum absolute atomic E-state index is 6.29. The highest BCUT2D eigenvalue weighted by atomic mass is 35.5. The molecule has 0 N–H and O–H groups in total. The van der Waals surface area contributed by atoms with Gasteiger partial charge >= 0.3 is 0 Å². The summed E-state index contributed by atoms with van der Waals surface area (Å²) in [4.78, 5) is 4.02. The Labute approximate surface area is 139 Å². The van der Waals surface area contributed by atoms with Crippen molar-refractivity contribution in [2.45, 2.75) is 38.2 Å². The number of ether oxygens (including phenoxy) is 2. The normalized spacial score (nSPS) is 22.9. The second-order valence-electron chi connectivity index (χ2n) is 5.25. The second-order valence-corrected chi connectivity index (χ2v) is 6.09.